The minimum absolute atomic E-state index is 0.0313. The van der Waals surface area contributed by atoms with Gasteiger partial charge in [-0.15, -0.1) is 11.8 Å². The van der Waals surface area contributed by atoms with Gasteiger partial charge in [0, 0.05) is 29.7 Å². The molecule has 6 heteroatoms. The molecule has 2 aromatic rings. The summed E-state index contributed by atoms with van der Waals surface area (Å²) in [6.45, 7) is 0. The molecule has 1 aromatic heterocycles. The van der Waals surface area contributed by atoms with Crippen LogP contribution in [0.4, 0.5) is 11.4 Å². The van der Waals surface area contributed by atoms with Gasteiger partial charge in [0.2, 0.25) is 5.91 Å². The highest BCUT2D eigenvalue weighted by Gasteiger charge is 2.03. The maximum absolute atomic E-state index is 11.7. The third kappa shape index (κ3) is 4.75. The molecule has 1 amide bonds. The molecular formula is C14H14ClN3OS. The van der Waals surface area contributed by atoms with E-state index in [1.165, 1.54) is 11.8 Å². The Morgan fingerprint density at radius 2 is 2.00 bits per heavy atom. The van der Waals surface area contributed by atoms with Crippen molar-refractivity contribution in [1.29, 1.82) is 0 Å². The van der Waals surface area contributed by atoms with Crippen LogP contribution in [-0.2, 0) is 4.79 Å². The van der Waals surface area contributed by atoms with Crippen LogP contribution in [0.3, 0.4) is 0 Å². The van der Waals surface area contributed by atoms with Crippen LogP contribution in [0.1, 0.15) is 6.42 Å². The topological polar surface area (TPSA) is 68.0 Å². The van der Waals surface area contributed by atoms with Crippen LogP contribution in [0, 0.1) is 0 Å². The van der Waals surface area contributed by atoms with Gasteiger partial charge in [-0.1, -0.05) is 11.6 Å². The minimum Gasteiger partial charge on any atom is -0.399 e. The van der Waals surface area contributed by atoms with Crippen molar-refractivity contribution in [2.24, 2.45) is 0 Å². The Balaban J connectivity index is 1.75. The Bertz CT molecular complexity index is 572. The number of thioether (sulfide) groups is 1. The Kier molecular flexibility index (Phi) is 5.26. The summed E-state index contributed by atoms with van der Waals surface area (Å²) in [4.78, 5) is 15.9. The number of nitrogens with one attached hydrogen (secondary N) is 1. The molecule has 104 valence electrons. The number of carbonyl (C=O) groups excluding carboxylic acids is 1. The number of amides is 1. The lowest BCUT2D eigenvalue weighted by atomic mass is 10.3. The predicted molar refractivity (Wildman–Crippen MR) is 84.1 cm³/mol. The molecular weight excluding hydrogens is 294 g/mol. The van der Waals surface area contributed by atoms with Gasteiger partial charge in [-0.3, -0.25) is 4.79 Å². The van der Waals surface area contributed by atoms with Gasteiger partial charge in [0.05, 0.1) is 10.0 Å². The number of benzene rings is 1. The average Bonchev–Trinajstić information content (AvgIpc) is 2.44. The molecule has 0 radical (unpaired) electrons. The van der Waals surface area contributed by atoms with Gasteiger partial charge in [0.25, 0.3) is 0 Å². The second kappa shape index (κ2) is 7.17. The molecule has 0 bridgehead atoms. The molecule has 0 saturated carbocycles. The van der Waals surface area contributed by atoms with E-state index < -0.39 is 0 Å². The lowest BCUT2D eigenvalue weighted by molar-refractivity contribution is -0.115. The van der Waals surface area contributed by atoms with E-state index in [0.717, 1.165) is 10.7 Å². The van der Waals surface area contributed by atoms with Crippen LogP contribution in [0.2, 0.25) is 5.02 Å². The number of nitrogens with two attached hydrogens (primary N) is 1. The van der Waals surface area contributed by atoms with Crippen LogP contribution >= 0.6 is 23.4 Å². The van der Waals surface area contributed by atoms with E-state index in [0.29, 0.717) is 22.9 Å². The van der Waals surface area contributed by atoms with Gasteiger partial charge >= 0.3 is 0 Å². The molecule has 20 heavy (non-hydrogen) atoms. The van der Waals surface area contributed by atoms with Gasteiger partial charge in [0.1, 0.15) is 0 Å². The molecule has 0 aliphatic heterocycles. The summed E-state index contributed by atoms with van der Waals surface area (Å²) >= 11 is 7.27. The number of pyridine rings is 1. The number of carbonyl (C=O) groups is 1. The molecule has 1 aromatic carbocycles. The molecule has 0 atom stereocenters. The summed E-state index contributed by atoms with van der Waals surface area (Å²) in [5.74, 6) is 0.631. The zero-order valence-electron chi connectivity index (χ0n) is 10.7. The van der Waals surface area contributed by atoms with Crippen molar-refractivity contribution in [2.45, 2.75) is 11.4 Å². The number of nitrogen functional groups attached to an aromatic ring is 1. The summed E-state index contributed by atoms with van der Waals surface area (Å²) in [7, 11) is 0. The largest absolute Gasteiger partial charge is 0.399 e. The highest BCUT2D eigenvalue weighted by molar-refractivity contribution is 7.99. The molecule has 0 aliphatic carbocycles. The molecule has 0 saturated heterocycles. The van der Waals surface area contributed by atoms with Gasteiger partial charge < -0.3 is 11.1 Å². The SMILES string of the molecule is Nc1ccc(NC(=O)CCSc2ccc(Cl)cn2)cc1. The van der Waals surface area contributed by atoms with E-state index in [1.807, 2.05) is 6.07 Å². The first-order valence-electron chi connectivity index (χ1n) is 6.03. The van der Waals surface area contributed by atoms with Crippen LogP contribution < -0.4 is 11.1 Å². The first-order chi connectivity index (χ1) is 9.63. The second-order valence-corrected chi connectivity index (χ2v) is 5.63. The lowest BCUT2D eigenvalue weighted by Crippen LogP contribution is -2.12. The molecule has 2 rings (SSSR count). The fraction of sp³-hybridized carbons (Fsp3) is 0.143. The summed E-state index contributed by atoms with van der Waals surface area (Å²) in [5, 5.41) is 4.28. The fourth-order valence-electron chi connectivity index (χ4n) is 1.49. The third-order valence-electron chi connectivity index (χ3n) is 2.47. The van der Waals surface area contributed by atoms with Gasteiger partial charge in [0.15, 0.2) is 0 Å². The van der Waals surface area contributed by atoms with Crippen molar-refractivity contribution in [1.82, 2.24) is 4.98 Å². The molecule has 0 fully saturated rings. The Morgan fingerprint density at radius 3 is 2.65 bits per heavy atom. The third-order valence-corrected chi connectivity index (χ3v) is 3.64. The van der Waals surface area contributed by atoms with Crippen LogP contribution in [0.15, 0.2) is 47.6 Å². The highest BCUT2D eigenvalue weighted by Crippen LogP contribution is 2.18. The second-order valence-electron chi connectivity index (χ2n) is 4.08. The van der Waals surface area contributed by atoms with Crippen molar-refractivity contribution < 1.29 is 4.79 Å². The van der Waals surface area contributed by atoms with E-state index in [1.54, 1.807) is 36.5 Å². The summed E-state index contributed by atoms with van der Waals surface area (Å²) in [6, 6.07) is 10.7. The Labute approximate surface area is 126 Å². The quantitative estimate of drug-likeness (QED) is 0.656. The van der Waals surface area contributed by atoms with Crippen molar-refractivity contribution in [3.63, 3.8) is 0 Å². The number of nitrogens with zero attached hydrogens (tertiary/aromatic N) is 1. The monoisotopic (exact) mass is 307 g/mol. The summed E-state index contributed by atoms with van der Waals surface area (Å²) in [5.41, 5.74) is 7.00. The minimum atomic E-state index is -0.0313. The maximum Gasteiger partial charge on any atom is 0.225 e. The molecule has 0 unspecified atom stereocenters. The number of hydrogen-bond acceptors (Lipinski definition) is 4. The number of rotatable bonds is 5. The molecule has 1 heterocycles. The van der Waals surface area contributed by atoms with Crippen molar-refractivity contribution in [3.05, 3.63) is 47.6 Å². The van der Waals surface area contributed by atoms with E-state index in [9.17, 15) is 4.79 Å². The van der Waals surface area contributed by atoms with Crippen LogP contribution in [0.5, 0.6) is 0 Å². The highest BCUT2D eigenvalue weighted by atomic mass is 35.5. The average molecular weight is 308 g/mol. The van der Waals surface area contributed by atoms with Crippen molar-refractivity contribution in [3.8, 4) is 0 Å². The number of anilines is 2. The molecule has 4 nitrogen and oxygen atoms in total. The van der Waals surface area contributed by atoms with Gasteiger partial charge in [-0.25, -0.2) is 4.98 Å². The van der Waals surface area contributed by atoms with Crippen LogP contribution in [-0.4, -0.2) is 16.6 Å². The summed E-state index contributed by atoms with van der Waals surface area (Å²) < 4.78 is 0. The standard InChI is InChI=1S/C14H14ClN3OS/c15-10-1-6-14(17-9-10)20-8-7-13(19)18-12-4-2-11(16)3-5-12/h1-6,9H,7-8,16H2,(H,18,19). The molecule has 3 N–H and O–H groups in total. The normalized spacial score (nSPS) is 10.2. The van der Waals surface area contributed by atoms with E-state index in [2.05, 4.69) is 10.3 Å². The van der Waals surface area contributed by atoms with Gasteiger partial charge in [-0.2, -0.15) is 0 Å². The maximum atomic E-state index is 11.7. The summed E-state index contributed by atoms with van der Waals surface area (Å²) in [6.07, 6.45) is 2.01. The lowest BCUT2D eigenvalue weighted by Gasteiger charge is -2.05. The van der Waals surface area contributed by atoms with E-state index >= 15 is 0 Å². The molecule has 0 spiro atoms. The van der Waals surface area contributed by atoms with Crippen molar-refractivity contribution in [2.75, 3.05) is 16.8 Å². The van der Waals surface area contributed by atoms with E-state index in [-0.39, 0.29) is 5.91 Å². The van der Waals surface area contributed by atoms with Crippen molar-refractivity contribution >= 4 is 40.6 Å². The number of aromatic nitrogens is 1. The van der Waals surface area contributed by atoms with E-state index in [4.69, 9.17) is 17.3 Å². The van der Waals surface area contributed by atoms with Crippen LogP contribution in [0.25, 0.3) is 0 Å². The first-order valence-corrected chi connectivity index (χ1v) is 7.39. The first kappa shape index (κ1) is 14.7. The Hall–Kier alpha value is -1.72. The Morgan fingerprint density at radius 1 is 1.25 bits per heavy atom. The van der Waals surface area contributed by atoms with Gasteiger partial charge in [-0.05, 0) is 36.4 Å². The zero-order chi connectivity index (χ0) is 14.4. The number of halogens is 1. The fourth-order valence-corrected chi connectivity index (χ4v) is 2.39. The zero-order valence-corrected chi connectivity index (χ0v) is 12.2. The predicted octanol–water partition coefficient (Wildman–Crippen LogP) is 3.44. The smallest absolute Gasteiger partial charge is 0.225 e. The molecule has 0 aliphatic rings. The number of hydrogen-bond donors (Lipinski definition) is 2.